The van der Waals surface area contributed by atoms with E-state index in [0.29, 0.717) is 29.4 Å². The van der Waals surface area contributed by atoms with Crippen LogP contribution in [0.15, 0.2) is 59.4 Å². The fraction of sp³-hybridized carbons (Fsp3) is 0.333. The first-order valence-electron chi connectivity index (χ1n) is 11.1. The molecule has 1 fully saturated rings. The number of hydrogen-bond acceptors (Lipinski definition) is 6. The number of nitrogens with one attached hydrogen (secondary N) is 3. The largest absolute Gasteiger partial charge is 0.300 e. The van der Waals surface area contributed by atoms with Gasteiger partial charge in [0.25, 0.3) is 5.56 Å². The number of H-pyrrole nitrogens is 1. The number of amides is 2. The quantitative estimate of drug-likeness (QED) is 0.462. The molecule has 9 nitrogen and oxygen atoms in total. The molecule has 2 amide bonds. The van der Waals surface area contributed by atoms with E-state index in [9.17, 15) is 14.4 Å². The van der Waals surface area contributed by atoms with Crippen LogP contribution in [0.3, 0.4) is 0 Å². The minimum atomic E-state index is -0.400. The molecule has 172 valence electrons. The van der Waals surface area contributed by atoms with Crippen LogP contribution in [-0.4, -0.2) is 64.5 Å². The molecule has 2 aromatic carbocycles. The minimum Gasteiger partial charge on any atom is -0.300 e. The molecule has 0 unspecified atom stereocenters. The number of fused-ring (bicyclic) bond motifs is 1. The van der Waals surface area contributed by atoms with Crippen molar-refractivity contribution in [3.63, 3.8) is 0 Å². The summed E-state index contributed by atoms with van der Waals surface area (Å²) in [5.41, 5.74) is 6.36. The first kappa shape index (κ1) is 22.6. The number of benzene rings is 2. The number of carbonyl (C=O) groups is 2. The fourth-order valence-corrected chi connectivity index (χ4v) is 3.98. The number of piperazine rings is 1. The van der Waals surface area contributed by atoms with Crippen molar-refractivity contribution >= 4 is 22.6 Å². The van der Waals surface area contributed by atoms with E-state index in [1.807, 2.05) is 6.07 Å². The predicted molar refractivity (Wildman–Crippen MR) is 125 cm³/mol. The third-order valence-electron chi connectivity index (χ3n) is 5.81. The molecule has 1 aliphatic heterocycles. The molecular formula is C24H28N6O3. The lowest BCUT2D eigenvalue weighted by Crippen LogP contribution is -2.48. The van der Waals surface area contributed by atoms with Crippen LogP contribution in [-0.2, 0) is 22.6 Å². The van der Waals surface area contributed by atoms with Crippen molar-refractivity contribution in [3.05, 3.63) is 76.2 Å². The molecule has 1 saturated heterocycles. The number of nitrogens with zero attached hydrogens (tertiary/aromatic N) is 3. The van der Waals surface area contributed by atoms with Crippen molar-refractivity contribution in [2.24, 2.45) is 0 Å². The summed E-state index contributed by atoms with van der Waals surface area (Å²) in [4.78, 5) is 41.0. The normalized spacial score (nSPS) is 14.8. The number of aromatic amines is 1. The van der Waals surface area contributed by atoms with E-state index in [-0.39, 0.29) is 17.9 Å². The maximum atomic E-state index is 12.3. The third-order valence-corrected chi connectivity index (χ3v) is 5.81. The lowest BCUT2D eigenvalue weighted by atomic mass is 10.1. The molecular weight excluding hydrogens is 420 g/mol. The summed E-state index contributed by atoms with van der Waals surface area (Å²) >= 11 is 0. The van der Waals surface area contributed by atoms with E-state index in [1.54, 1.807) is 24.3 Å². The molecule has 0 aliphatic carbocycles. The average Bonchev–Trinajstić information content (AvgIpc) is 2.85. The van der Waals surface area contributed by atoms with E-state index in [2.05, 4.69) is 55.1 Å². The first-order valence-corrected chi connectivity index (χ1v) is 11.1. The Balaban J connectivity index is 1.16. The Morgan fingerprint density at radius 3 is 2.24 bits per heavy atom. The van der Waals surface area contributed by atoms with Gasteiger partial charge in [0, 0.05) is 51.1 Å². The summed E-state index contributed by atoms with van der Waals surface area (Å²) in [5, 5.41) is 7.48. The van der Waals surface area contributed by atoms with E-state index < -0.39 is 5.91 Å². The van der Waals surface area contributed by atoms with Gasteiger partial charge in [-0.2, -0.15) is 5.10 Å². The molecule has 9 heteroatoms. The van der Waals surface area contributed by atoms with Gasteiger partial charge in [-0.25, -0.2) is 5.10 Å². The molecule has 0 bridgehead atoms. The Hall–Kier alpha value is -3.56. The van der Waals surface area contributed by atoms with Crippen LogP contribution in [0.1, 0.15) is 17.7 Å². The average molecular weight is 449 g/mol. The molecule has 0 atom stereocenters. The Morgan fingerprint density at radius 1 is 0.848 bits per heavy atom. The number of carbonyl (C=O) groups excluding carboxylic acids is 2. The standard InChI is InChI=1S/C24H28N6O3/c31-22(10-11-29-12-14-30(15-13-29)17-18-6-2-1-3-7-18)26-27-23(32)16-21-19-8-4-5-9-20(19)24(33)28-25-21/h1-9H,10-17H2,(H,26,31)(H,27,32)(H,28,33). The van der Waals surface area contributed by atoms with Gasteiger partial charge in [0.2, 0.25) is 11.8 Å². The maximum Gasteiger partial charge on any atom is 0.272 e. The number of aromatic nitrogens is 2. The van der Waals surface area contributed by atoms with E-state index in [1.165, 1.54) is 5.56 Å². The molecule has 3 N–H and O–H groups in total. The maximum absolute atomic E-state index is 12.3. The van der Waals surface area contributed by atoms with E-state index in [0.717, 1.165) is 32.7 Å². The molecule has 0 spiro atoms. The molecule has 0 radical (unpaired) electrons. The van der Waals surface area contributed by atoms with Gasteiger partial charge in [0.05, 0.1) is 17.5 Å². The molecule has 3 aromatic rings. The lowest BCUT2D eigenvalue weighted by Gasteiger charge is -2.34. The van der Waals surface area contributed by atoms with Crippen molar-refractivity contribution < 1.29 is 9.59 Å². The Labute approximate surface area is 191 Å². The summed E-state index contributed by atoms with van der Waals surface area (Å²) < 4.78 is 0. The van der Waals surface area contributed by atoms with Crippen molar-refractivity contribution in [1.82, 2.24) is 30.8 Å². The second kappa shape index (κ2) is 10.8. The fourth-order valence-electron chi connectivity index (χ4n) is 3.98. The van der Waals surface area contributed by atoms with Crippen LogP contribution in [0.5, 0.6) is 0 Å². The summed E-state index contributed by atoms with van der Waals surface area (Å²) in [5.74, 6) is -0.642. The highest BCUT2D eigenvalue weighted by molar-refractivity contribution is 5.89. The highest BCUT2D eigenvalue weighted by Gasteiger charge is 2.18. The number of hydrogen-bond donors (Lipinski definition) is 3. The van der Waals surface area contributed by atoms with Gasteiger partial charge in [0.1, 0.15) is 0 Å². The van der Waals surface area contributed by atoms with Crippen molar-refractivity contribution in [2.75, 3.05) is 32.7 Å². The van der Waals surface area contributed by atoms with Crippen LogP contribution in [0.4, 0.5) is 0 Å². The third kappa shape index (κ3) is 6.24. The Kier molecular flexibility index (Phi) is 7.43. The lowest BCUT2D eigenvalue weighted by molar-refractivity contribution is -0.128. The van der Waals surface area contributed by atoms with E-state index >= 15 is 0 Å². The van der Waals surface area contributed by atoms with Crippen molar-refractivity contribution in [3.8, 4) is 0 Å². The molecule has 33 heavy (non-hydrogen) atoms. The van der Waals surface area contributed by atoms with Crippen LogP contribution in [0.25, 0.3) is 10.8 Å². The van der Waals surface area contributed by atoms with Crippen LogP contribution in [0.2, 0.25) is 0 Å². The molecule has 1 aliphatic rings. The summed E-state index contributed by atoms with van der Waals surface area (Å²) in [6, 6.07) is 17.4. The smallest absolute Gasteiger partial charge is 0.272 e. The second-order valence-corrected chi connectivity index (χ2v) is 8.17. The molecule has 2 heterocycles. The number of hydrazine groups is 1. The minimum absolute atomic E-state index is 0.0546. The van der Waals surface area contributed by atoms with Gasteiger partial charge < -0.3 is 4.90 Å². The molecule has 4 rings (SSSR count). The van der Waals surface area contributed by atoms with E-state index in [4.69, 9.17) is 0 Å². The van der Waals surface area contributed by atoms with Gasteiger partial charge in [-0.05, 0) is 11.6 Å². The molecule has 1 aromatic heterocycles. The monoisotopic (exact) mass is 448 g/mol. The van der Waals surface area contributed by atoms with Gasteiger partial charge in [-0.1, -0.05) is 48.5 Å². The van der Waals surface area contributed by atoms with Gasteiger partial charge in [0.15, 0.2) is 0 Å². The number of rotatable bonds is 7. The Morgan fingerprint density at radius 2 is 1.48 bits per heavy atom. The topological polar surface area (TPSA) is 110 Å². The summed E-state index contributed by atoms with van der Waals surface area (Å²) in [6.07, 6.45) is 0.250. The highest BCUT2D eigenvalue weighted by Crippen LogP contribution is 2.12. The zero-order valence-corrected chi connectivity index (χ0v) is 18.4. The summed E-state index contributed by atoms with van der Waals surface area (Å²) in [6.45, 7) is 5.35. The van der Waals surface area contributed by atoms with Crippen molar-refractivity contribution in [2.45, 2.75) is 19.4 Å². The van der Waals surface area contributed by atoms with Crippen LogP contribution in [0, 0.1) is 0 Å². The second-order valence-electron chi connectivity index (χ2n) is 8.17. The van der Waals surface area contributed by atoms with Crippen LogP contribution >= 0.6 is 0 Å². The van der Waals surface area contributed by atoms with Gasteiger partial charge in [-0.15, -0.1) is 0 Å². The van der Waals surface area contributed by atoms with Gasteiger partial charge in [-0.3, -0.25) is 30.1 Å². The SMILES string of the molecule is O=C(CCN1CCN(Cc2ccccc2)CC1)NNC(=O)Cc1n[nH]c(=O)c2ccccc12. The van der Waals surface area contributed by atoms with Crippen molar-refractivity contribution in [1.29, 1.82) is 0 Å². The van der Waals surface area contributed by atoms with Crippen LogP contribution < -0.4 is 16.4 Å². The highest BCUT2D eigenvalue weighted by atomic mass is 16.2. The zero-order chi connectivity index (χ0) is 23.0. The summed E-state index contributed by atoms with van der Waals surface area (Å²) in [7, 11) is 0. The zero-order valence-electron chi connectivity index (χ0n) is 18.4. The molecule has 0 saturated carbocycles. The first-order chi connectivity index (χ1) is 16.1. The predicted octanol–water partition coefficient (Wildman–Crippen LogP) is 0.821. The Bertz CT molecular complexity index is 1160. The van der Waals surface area contributed by atoms with Gasteiger partial charge >= 0.3 is 0 Å².